The number of ether oxygens (including phenoxy) is 2. The number of carbonyl (C=O) groups is 1. The highest BCUT2D eigenvalue weighted by Crippen LogP contribution is 2.25. The van der Waals surface area contributed by atoms with E-state index in [1.54, 1.807) is 7.11 Å². The van der Waals surface area contributed by atoms with Crippen LogP contribution in [0.3, 0.4) is 0 Å². The molecule has 2 aromatic carbocycles. The molecule has 0 aliphatic carbocycles. The molecule has 1 fully saturated rings. The Morgan fingerprint density at radius 1 is 1.18 bits per heavy atom. The summed E-state index contributed by atoms with van der Waals surface area (Å²) in [6.07, 6.45) is 1.91. The molecule has 1 atom stereocenters. The molecule has 0 saturated carbocycles. The molecular weight excluding hydrogens is 352 g/mol. The molecule has 1 aliphatic rings. The van der Waals surface area contributed by atoms with Gasteiger partial charge in [-0.05, 0) is 36.3 Å². The second kappa shape index (κ2) is 10.1. The van der Waals surface area contributed by atoms with Crippen LogP contribution in [0.5, 0.6) is 5.75 Å². The molecule has 0 bridgehead atoms. The van der Waals surface area contributed by atoms with E-state index in [4.69, 9.17) is 9.47 Å². The largest absolute Gasteiger partial charge is 0.497 e. The van der Waals surface area contributed by atoms with Crippen molar-refractivity contribution in [2.45, 2.75) is 13.0 Å². The molecule has 1 saturated heterocycles. The van der Waals surface area contributed by atoms with Gasteiger partial charge < -0.3 is 14.8 Å². The molecule has 0 aromatic heterocycles. The lowest BCUT2D eigenvalue weighted by molar-refractivity contribution is -0.117. The highest BCUT2D eigenvalue weighted by molar-refractivity contribution is 5.97. The number of amides is 1. The fraction of sp³-hybridized carbons (Fsp3) is 0.348. The summed E-state index contributed by atoms with van der Waals surface area (Å²) in [5, 5.41) is 3.11. The van der Waals surface area contributed by atoms with E-state index < -0.39 is 0 Å². The number of benzene rings is 2. The molecule has 148 valence electrons. The first-order chi connectivity index (χ1) is 13.7. The summed E-state index contributed by atoms with van der Waals surface area (Å²) in [4.78, 5) is 15.0. The van der Waals surface area contributed by atoms with Crippen molar-refractivity contribution in [3.05, 3.63) is 71.3 Å². The summed E-state index contributed by atoms with van der Waals surface area (Å²) >= 11 is 0. The molecule has 1 N–H and O–H groups in total. The predicted molar refractivity (Wildman–Crippen MR) is 111 cm³/mol. The van der Waals surface area contributed by atoms with E-state index in [1.807, 2.05) is 61.5 Å². The normalized spacial score (nSPS) is 16.4. The van der Waals surface area contributed by atoms with Crippen LogP contribution in [0.1, 0.15) is 24.1 Å². The number of carbonyl (C=O) groups excluding carboxylic acids is 1. The third kappa shape index (κ3) is 5.44. The van der Waals surface area contributed by atoms with E-state index in [9.17, 15) is 4.79 Å². The number of rotatable bonds is 7. The van der Waals surface area contributed by atoms with Crippen molar-refractivity contribution < 1.29 is 14.3 Å². The summed E-state index contributed by atoms with van der Waals surface area (Å²) in [7, 11) is 1.67. The first-order valence-corrected chi connectivity index (χ1v) is 9.64. The van der Waals surface area contributed by atoms with Crippen molar-refractivity contribution in [1.29, 1.82) is 0 Å². The van der Waals surface area contributed by atoms with Gasteiger partial charge in [-0.15, -0.1) is 0 Å². The lowest BCUT2D eigenvalue weighted by Gasteiger charge is -2.35. The van der Waals surface area contributed by atoms with Gasteiger partial charge in [0.15, 0.2) is 0 Å². The molecular formula is C23H28N2O3. The zero-order valence-corrected chi connectivity index (χ0v) is 16.6. The fourth-order valence-corrected chi connectivity index (χ4v) is 3.39. The predicted octanol–water partition coefficient (Wildman–Crippen LogP) is 3.29. The molecule has 1 aliphatic heterocycles. The third-order valence-electron chi connectivity index (χ3n) is 4.96. The van der Waals surface area contributed by atoms with E-state index >= 15 is 0 Å². The van der Waals surface area contributed by atoms with Crippen LogP contribution in [0, 0.1) is 0 Å². The number of hydrogen-bond acceptors (Lipinski definition) is 4. The van der Waals surface area contributed by atoms with Crippen LogP contribution in [0.4, 0.5) is 0 Å². The van der Waals surface area contributed by atoms with Crippen molar-refractivity contribution in [3.63, 3.8) is 0 Å². The molecule has 0 radical (unpaired) electrons. The van der Waals surface area contributed by atoms with Gasteiger partial charge in [0.1, 0.15) is 5.75 Å². The number of morpholine rings is 1. The highest BCUT2D eigenvalue weighted by atomic mass is 16.5. The van der Waals surface area contributed by atoms with Gasteiger partial charge in [-0.2, -0.15) is 0 Å². The summed E-state index contributed by atoms with van der Waals surface area (Å²) in [5.74, 6) is 0.771. The Bertz CT molecular complexity index is 799. The van der Waals surface area contributed by atoms with Gasteiger partial charge in [-0.3, -0.25) is 9.69 Å². The van der Waals surface area contributed by atoms with Gasteiger partial charge in [0.25, 0.3) is 0 Å². The molecule has 5 nitrogen and oxygen atoms in total. The molecule has 3 rings (SSSR count). The summed E-state index contributed by atoms with van der Waals surface area (Å²) < 4.78 is 10.9. The summed E-state index contributed by atoms with van der Waals surface area (Å²) in [6.45, 7) is 5.49. The van der Waals surface area contributed by atoms with Crippen molar-refractivity contribution >= 4 is 12.0 Å². The zero-order chi connectivity index (χ0) is 19.8. The van der Waals surface area contributed by atoms with E-state index in [0.29, 0.717) is 25.3 Å². The monoisotopic (exact) mass is 380 g/mol. The van der Waals surface area contributed by atoms with Crippen molar-refractivity contribution in [2.75, 3.05) is 40.0 Å². The van der Waals surface area contributed by atoms with Gasteiger partial charge in [0.2, 0.25) is 5.91 Å². The van der Waals surface area contributed by atoms with Gasteiger partial charge in [-0.25, -0.2) is 0 Å². The van der Waals surface area contributed by atoms with Crippen LogP contribution < -0.4 is 10.1 Å². The molecule has 28 heavy (non-hydrogen) atoms. The fourth-order valence-electron chi connectivity index (χ4n) is 3.39. The third-order valence-corrected chi connectivity index (χ3v) is 4.96. The topological polar surface area (TPSA) is 50.8 Å². The van der Waals surface area contributed by atoms with E-state index in [2.05, 4.69) is 16.3 Å². The number of methoxy groups -OCH3 is 1. The Hall–Kier alpha value is -2.63. The van der Waals surface area contributed by atoms with Gasteiger partial charge >= 0.3 is 0 Å². The molecule has 5 heteroatoms. The average molecular weight is 380 g/mol. The maximum absolute atomic E-state index is 12.6. The zero-order valence-electron chi connectivity index (χ0n) is 16.6. The molecule has 1 amide bonds. The SMILES string of the molecule is COc1cccc(C(CNC(=O)/C(C)=C/c2ccccc2)N2CCOCC2)c1. The van der Waals surface area contributed by atoms with Crippen molar-refractivity contribution in [2.24, 2.45) is 0 Å². The minimum absolute atomic E-state index is 0.0509. The van der Waals surface area contributed by atoms with Crippen molar-refractivity contribution in [3.8, 4) is 5.75 Å². The Morgan fingerprint density at radius 3 is 2.64 bits per heavy atom. The van der Waals surface area contributed by atoms with Gasteiger partial charge in [0.05, 0.1) is 26.4 Å². The second-order valence-corrected chi connectivity index (χ2v) is 6.89. The van der Waals surface area contributed by atoms with Crippen LogP contribution >= 0.6 is 0 Å². The number of nitrogens with one attached hydrogen (secondary N) is 1. The minimum Gasteiger partial charge on any atom is -0.497 e. The highest BCUT2D eigenvalue weighted by Gasteiger charge is 2.23. The number of hydrogen-bond donors (Lipinski definition) is 1. The van der Waals surface area contributed by atoms with E-state index in [0.717, 1.165) is 30.0 Å². The van der Waals surface area contributed by atoms with Crippen LogP contribution in [0.15, 0.2) is 60.2 Å². The summed E-state index contributed by atoms with van der Waals surface area (Å²) in [5.41, 5.74) is 2.84. The Kier molecular flexibility index (Phi) is 7.23. The van der Waals surface area contributed by atoms with Gasteiger partial charge in [0, 0.05) is 25.2 Å². The summed E-state index contributed by atoms with van der Waals surface area (Å²) in [6, 6.07) is 18.0. The van der Waals surface area contributed by atoms with Crippen LogP contribution in [-0.2, 0) is 9.53 Å². The lowest BCUT2D eigenvalue weighted by atomic mass is 10.0. The maximum atomic E-state index is 12.6. The molecule has 2 aromatic rings. The standard InChI is InChI=1S/C23H28N2O3/c1-18(15-19-7-4-3-5-8-19)23(26)24-17-22(25-11-13-28-14-12-25)20-9-6-10-21(16-20)27-2/h3-10,15-16,22H,11-14,17H2,1-2H3,(H,24,26)/b18-15+. The van der Waals surface area contributed by atoms with Gasteiger partial charge in [-0.1, -0.05) is 42.5 Å². The second-order valence-electron chi connectivity index (χ2n) is 6.89. The van der Waals surface area contributed by atoms with Crippen LogP contribution in [0.2, 0.25) is 0 Å². The minimum atomic E-state index is -0.0509. The number of nitrogens with zero attached hydrogens (tertiary/aromatic N) is 1. The Labute approximate surface area is 167 Å². The first-order valence-electron chi connectivity index (χ1n) is 9.64. The van der Waals surface area contributed by atoms with Crippen molar-refractivity contribution in [1.82, 2.24) is 10.2 Å². The maximum Gasteiger partial charge on any atom is 0.247 e. The van der Waals surface area contributed by atoms with Crippen LogP contribution in [0.25, 0.3) is 6.08 Å². The quantitative estimate of drug-likeness (QED) is 0.749. The average Bonchev–Trinajstić information content (AvgIpc) is 2.75. The van der Waals surface area contributed by atoms with Crippen LogP contribution in [-0.4, -0.2) is 50.8 Å². The first kappa shape index (κ1) is 20.1. The Balaban J connectivity index is 1.72. The lowest BCUT2D eigenvalue weighted by Crippen LogP contribution is -2.44. The molecule has 1 heterocycles. The molecule has 0 spiro atoms. The smallest absolute Gasteiger partial charge is 0.247 e. The molecule has 1 unspecified atom stereocenters. The Morgan fingerprint density at radius 2 is 1.93 bits per heavy atom. The van der Waals surface area contributed by atoms with E-state index in [-0.39, 0.29) is 11.9 Å². The van der Waals surface area contributed by atoms with E-state index in [1.165, 1.54) is 0 Å².